The van der Waals surface area contributed by atoms with Crippen molar-refractivity contribution < 1.29 is 0 Å². The number of nitrogens with zero attached hydrogens (tertiary/aromatic N) is 1. The Labute approximate surface area is 130 Å². The van der Waals surface area contributed by atoms with Crippen molar-refractivity contribution in [3.8, 4) is 0 Å². The van der Waals surface area contributed by atoms with Gasteiger partial charge in [0.2, 0.25) is 0 Å². The van der Waals surface area contributed by atoms with Gasteiger partial charge in [0.05, 0.1) is 0 Å². The van der Waals surface area contributed by atoms with Gasteiger partial charge in [-0.15, -0.1) is 0 Å². The molecule has 2 rings (SSSR count). The molecule has 21 heavy (non-hydrogen) atoms. The highest BCUT2D eigenvalue weighted by Crippen LogP contribution is 2.22. The van der Waals surface area contributed by atoms with E-state index < -0.39 is 0 Å². The monoisotopic (exact) mass is 288 g/mol. The van der Waals surface area contributed by atoms with Crippen molar-refractivity contribution in [3.05, 3.63) is 35.9 Å². The molecule has 0 amide bonds. The van der Waals surface area contributed by atoms with Crippen molar-refractivity contribution >= 4 is 0 Å². The highest BCUT2D eigenvalue weighted by atomic mass is 15.2. The number of hydrogen-bond acceptors (Lipinski definition) is 2. The van der Waals surface area contributed by atoms with E-state index >= 15 is 0 Å². The van der Waals surface area contributed by atoms with Crippen LogP contribution in [0.25, 0.3) is 0 Å². The maximum Gasteiger partial charge on any atom is 0.0320 e. The number of hydrogen-bond donors (Lipinski definition) is 1. The Morgan fingerprint density at radius 1 is 1.19 bits per heavy atom. The van der Waals surface area contributed by atoms with Gasteiger partial charge in [0.15, 0.2) is 0 Å². The molecule has 0 bridgehead atoms. The fourth-order valence-corrected chi connectivity index (χ4v) is 3.49. The predicted octanol–water partition coefficient (Wildman–Crippen LogP) is 4.38. The topological polar surface area (TPSA) is 15.3 Å². The van der Waals surface area contributed by atoms with E-state index in [4.69, 9.17) is 0 Å². The van der Waals surface area contributed by atoms with Gasteiger partial charge in [0.1, 0.15) is 0 Å². The maximum atomic E-state index is 3.86. The third-order valence-corrected chi connectivity index (χ3v) is 4.80. The molecule has 118 valence electrons. The number of benzene rings is 1. The number of rotatable bonds is 9. The smallest absolute Gasteiger partial charge is 0.0320 e. The zero-order valence-electron chi connectivity index (χ0n) is 13.9. The lowest BCUT2D eigenvalue weighted by Crippen LogP contribution is -2.39. The van der Waals surface area contributed by atoms with E-state index in [0.717, 1.165) is 12.6 Å². The summed E-state index contributed by atoms with van der Waals surface area (Å²) >= 11 is 0. The largest absolute Gasteiger partial charge is 0.308 e. The first-order valence-electron chi connectivity index (χ1n) is 8.87. The Morgan fingerprint density at radius 3 is 2.71 bits per heavy atom. The normalized spacial score (nSPS) is 20.8. The van der Waals surface area contributed by atoms with Crippen LogP contribution in [0.3, 0.4) is 0 Å². The number of unbranched alkanes of at least 4 members (excludes halogenated alkanes) is 2. The summed E-state index contributed by atoms with van der Waals surface area (Å²) < 4.78 is 0. The molecule has 1 saturated heterocycles. The van der Waals surface area contributed by atoms with Gasteiger partial charge in [0, 0.05) is 18.6 Å². The van der Waals surface area contributed by atoms with Crippen molar-refractivity contribution in [2.75, 3.05) is 19.6 Å². The van der Waals surface area contributed by atoms with Crippen molar-refractivity contribution in [1.82, 2.24) is 10.2 Å². The van der Waals surface area contributed by atoms with Crippen LogP contribution in [0.2, 0.25) is 0 Å². The summed E-state index contributed by atoms with van der Waals surface area (Å²) in [5, 5.41) is 3.86. The van der Waals surface area contributed by atoms with Crippen LogP contribution in [-0.4, -0.2) is 30.6 Å². The zero-order chi connectivity index (χ0) is 14.9. The molecule has 1 heterocycles. The Balaban J connectivity index is 1.89. The maximum absolute atomic E-state index is 3.86. The summed E-state index contributed by atoms with van der Waals surface area (Å²) in [5.41, 5.74) is 1.45. The van der Waals surface area contributed by atoms with Gasteiger partial charge in [-0.2, -0.15) is 0 Å². The van der Waals surface area contributed by atoms with Gasteiger partial charge in [0.25, 0.3) is 0 Å². The molecular weight excluding hydrogens is 256 g/mol. The van der Waals surface area contributed by atoms with Crippen LogP contribution in [0.1, 0.15) is 64.0 Å². The first-order valence-corrected chi connectivity index (χ1v) is 8.87. The molecule has 0 spiro atoms. The van der Waals surface area contributed by atoms with E-state index in [2.05, 4.69) is 54.4 Å². The van der Waals surface area contributed by atoms with E-state index in [1.807, 2.05) is 0 Å². The molecule has 1 fully saturated rings. The van der Waals surface area contributed by atoms with Gasteiger partial charge in [-0.3, -0.25) is 4.90 Å². The highest BCUT2D eigenvalue weighted by molar-refractivity contribution is 5.18. The second kappa shape index (κ2) is 9.22. The van der Waals surface area contributed by atoms with Gasteiger partial charge in [-0.1, -0.05) is 63.4 Å². The van der Waals surface area contributed by atoms with Crippen LogP contribution >= 0.6 is 0 Å². The van der Waals surface area contributed by atoms with Crippen molar-refractivity contribution in [2.24, 2.45) is 0 Å². The predicted molar refractivity (Wildman–Crippen MR) is 91.6 cm³/mol. The Kier molecular flexibility index (Phi) is 7.25. The Bertz CT molecular complexity index is 376. The molecule has 0 aliphatic carbocycles. The molecule has 1 aromatic rings. The minimum atomic E-state index is 0.525. The molecule has 2 unspecified atom stereocenters. The third-order valence-electron chi connectivity index (χ3n) is 4.80. The molecule has 0 aromatic heterocycles. The quantitative estimate of drug-likeness (QED) is 0.678. The van der Waals surface area contributed by atoms with Crippen LogP contribution in [0.4, 0.5) is 0 Å². The first kappa shape index (κ1) is 16.5. The minimum absolute atomic E-state index is 0.525. The number of nitrogens with one attached hydrogen (secondary N) is 1. The molecular formula is C19H32N2. The summed E-state index contributed by atoms with van der Waals surface area (Å²) in [5.74, 6) is 0. The van der Waals surface area contributed by atoms with E-state index in [-0.39, 0.29) is 0 Å². The van der Waals surface area contributed by atoms with Gasteiger partial charge in [-0.25, -0.2) is 0 Å². The molecule has 1 aliphatic heterocycles. The molecule has 2 heteroatoms. The zero-order valence-corrected chi connectivity index (χ0v) is 13.9. The Hall–Kier alpha value is -0.860. The van der Waals surface area contributed by atoms with Crippen molar-refractivity contribution in [2.45, 2.75) is 64.5 Å². The highest BCUT2D eigenvalue weighted by Gasteiger charge is 2.23. The molecule has 1 N–H and O–H groups in total. The van der Waals surface area contributed by atoms with E-state index in [1.54, 1.807) is 0 Å². The van der Waals surface area contributed by atoms with Crippen LogP contribution in [0, 0.1) is 0 Å². The lowest BCUT2D eigenvalue weighted by atomic mass is 10.00. The number of likely N-dealkylation sites (N-methyl/N-ethyl adjacent to an activating group) is 1. The molecule has 0 radical (unpaired) electrons. The second-order valence-electron chi connectivity index (χ2n) is 6.29. The van der Waals surface area contributed by atoms with Crippen LogP contribution < -0.4 is 5.32 Å². The fraction of sp³-hybridized carbons (Fsp3) is 0.684. The van der Waals surface area contributed by atoms with E-state index in [1.165, 1.54) is 57.2 Å². The van der Waals surface area contributed by atoms with E-state index in [9.17, 15) is 0 Å². The van der Waals surface area contributed by atoms with Gasteiger partial charge < -0.3 is 5.32 Å². The molecule has 0 saturated carbocycles. The summed E-state index contributed by atoms with van der Waals surface area (Å²) in [6, 6.07) is 12.3. The summed E-state index contributed by atoms with van der Waals surface area (Å²) in [6.07, 6.45) is 7.95. The molecule has 2 nitrogen and oxygen atoms in total. The molecule has 1 aliphatic rings. The summed E-state index contributed by atoms with van der Waals surface area (Å²) in [7, 11) is 0. The van der Waals surface area contributed by atoms with E-state index in [0.29, 0.717) is 6.04 Å². The lowest BCUT2D eigenvalue weighted by molar-refractivity contribution is 0.252. The van der Waals surface area contributed by atoms with Crippen molar-refractivity contribution in [3.63, 3.8) is 0 Å². The summed E-state index contributed by atoms with van der Waals surface area (Å²) in [6.45, 7) is 8.18. The average Bonchev–Trinajstić information content (AvgIpc) is 2.99. The van der Waals surface area contributed by atoms with Crippen molar-refractivity contribution in [1.29, 1.82) is 0 Å². The Morgan fingerprint density at radius 2 is 2.00 bits per heavy atom. The standard InChI is InChI=1S/C19H32N2/c1-3-5-7-14-19(17-11-8-6-9-12-17)20-16-18-13-10-15-21(18)4-2/h6,8-9,11-12,18-20H,3-5,7,10,13-16H2,1-2H3. The number of likely N-dealkylation sites (tertiary alicyclic amines) is 1. The summed E-state index contributed by atoms with van der Waals surface area (Å²) in [4.78, 5) is 2.63. The SMILES string of the molecule is CCCCCC(NCC1CCCN1CC)c1ccccc1. The molecule has 2 atom stereocenters. The first-order chi connectivity index (χ1) is 10.3. The lowest BCUT2D eigenvalue weighted by Gasteiger charge is -2.26. The van der Waals surface area contributed by atoms with Gasteiger partial charge in [-0.05, 0) is 37.9 Å². The van der Waals surface area contributed by atoms with Crippen LogP contribution in [0.15, 0.2) is 30.3 Å². The minimum Gasteiger partial charge on any atom is -0.308 e. The molecule has 1 aromatic carbocycles. The third kappa shape index (κ3) is 5.12. The fourth-order valence-electron chi connectivity index (χ4n) is 3.49. The second-order valence-corrected chi connectivity index (χ2v) is 6.29. The van der Waals surface area contributed by atoms with Crippen LogP contribution in [-0.2, 0) is 0 Å². The van der Waals surface area contributed by atoms with Gasteiger partial charge >= 0.3 is 0 Å². The van der Waals surface area contributed by atoms with Crippen LogP contribution in [0.5, 0.6) is 0 Å². The average molecular weight is 288 g/mol.